The van der Waals surface area contributed by atoms with Crippen molar-refractivity contribution >= 4 is 21.6 Å². The van der Waals surface area contributed by atoms with Crippen LogP contribution in [0.25, 0.3) is 10.2 Å². The third-order valence-corrected chi connectivity index (χ3v) is 6.12. The molecule has 1 fully saturated rings. The summed E-state index contributed by atoms with van der Waals surface area (Å²) >= 11 is 1.49. The minimum Gasteiger partial charge on any atom is -0.383 e. The molecule has 9 heteroatoms. The van der Waals surface area contributed by atoms with E-state index >= 15 is 0 Å². The summed E-state index contributed by atoms with van der Waals surface area (Å²) in [6.07, 6.45) is 0.619. The molecule has 1 aliphatic rings. The third kappa shape index (κ3) is 3.37. The Morgan fingerprint density at radius 2 is 2.12 bits per heavy atom. The lowest BCUT2D eigenvalue weighted by Crippen LogP contribution is -2.40. The van der Waals surface area contributed by atoms with Gasteiger partial charge in [-0.1, -0.05) is 0 Å². The fraction of sp³-hybridized carbons (Fsp3) is 0.647. The van der Waals surface area contributed by atoms with Gasteiger partial charge in [-0.3, -0.25) is 13.9 Å². The molecule has 1 saturated carbocycles. The van der Waals surface area contributed by atoms with Crippen LogP contribution in [0.1, 0.15) is 22.9 Å². The van der Waals surface area contributed by atoms with Crippen molar-refractivity contribution < 1.29 is 9.47 Å². The van der Waals surface area contributed by atoms with Crippen molar-refractivity contribution in [1.29, 1.82) is 0 Å². The van der Waals surface area contributed by atoms with Gasteiger partial charge in [0.1, 0.15) is 4.83 Å². The molecule has 3 N–H and O–H groups in total. The van der Waals surface area contributed by atoms with E-state index in [1.165, 1.54) is 15.9 Å². The highest BCUT2D eigenvalue weighted by molar-refractivity contribution is 7.18. The van der Waals surface area contributed by atoms with E-state index in [4.69, 9.17) is 15.2 Å². The van der Waals surface area contributed by atoms with Gasteiger partial charge in [-0.15, -0.1) is 11.3 Å². The van der Waals surface area contributed by atoms with Gasteiger partial charge >= 0.3 is 5.69 Å². The molecule has 2 unspecified atom stereocenters. The first-order chi connectivity index (χ1) is 12.5. The fourth-order valence-corrected chi connectivity index (χ4v) is 4.52. The van der Waals surface area contributed by atoms with Crippen LogP contribution in [0.5, 0.6) is 0 Å². The molecule has 0 amide bonds. The standard InChI is InChI=1S/C17H26N4O4S/c1-10-13(9-19-5-4-18)26-16-14(10)15(22)21(11-8-12(11)25-3)17(23)20(16)6-7-24-2/h11-12,19H,4-9,18H2,1-3H3. The Bertz CT molecular complexity index is 901. The van der Waals surface area contributed by atoms with Crippen molar-refractivity contribution in [2.75, 3.05) is 33.9 Å². The number of aromatic nitrogens is 2. The molecule has 0 bridgehead atoms. The van der Waals surface area contributed by atoms with Gasteiger partial charge in [-0.25, -0.2) is 4.79 Å². The van der Waals surface area contributed by atoms with Crippen LogP contribution in [0.4, 0.5) is 0 Å². The van der Waals surface area contributed by atoms with Crippen LogP contribution >= 0.6 is 11.3 Å². The van der Waals surface area contributed by atoms with E-state index in [0.29, 0.717) is 49.4 Å². The molecule has 2 heterocycles. The van der Waals surface area contributed by atoms with Crippen LogP contribution in [0.3, 0.4) is 0 Å². The zero-order valence-electron chi connectivity index (χ0n) is 15.4. The Kier molecular flexibility index (Phi) is 5.93. The largest absolute Gasteiger partial charge is 0.383 e. The lowest BCUT2D eigenvalue weighted by Gasteiger charge is -2.11. The Morgan fingerprint density at radius 1 is 1.35 bits per heavy atom. The summed E-state index contributed by atoms with van der Waals surface area (Å²) in [7, 11) is 3.21. The topological polar surface area (TPSA) is 101 Å². The first-order valence-electron chi connectivity index (χ1n) is 8.74. The molecule has 3 rings (SSSR count). The average Bonchev–Trinajstić information content (AvgIpc) is 3.32. The molecule has 0 aromatic carbocycles. The molecule has 2 atom stereocenters. The monoisotopic (exact) mass is 382 g/mol. The van der Waals surface area contributed by atoms with Crippen molar-refractivity contribution in [3.8, 4) is 0 Å². The highest BCUT2D eigenvalue weighted by Gasteiger charge is 2.42. The molecule has 8 nitrogen and oxygen atoms in total. The van der Waals surface area contributed by atoms with Gasteiger partial charge in [-0.2, -0.15) is 0 Å². The minimum absolute atomic E-state index is 0.0710. The lowest BCUT2D eigenvalue weighted by atomic mass is 10.2. The summed E-state index contributed by atoms with van der Waals surface area (Å²) < 4.78 is 13.5. The lowest BCUT2D eigenvalue weighted by molar-refractivity contribution is 0.167. The Balaban J connectivity index is 2.15. The maximum atomic E-state index is 13.1. The first-order valence-corrected chi connectivity index (χ1v) is 9.56. The quantitative estimate of drug-likeness (QED) is 0.601. The van der Waals surface area contributed by atoms with Crippen molar-refractivity contribution in [3.05, 3.63) is 31.3 Å². The molecule has 0 radical (unpaired) electrons. The van der Waals surface area contributed by atoms with Crippen LogP contribution in [-0.4, -0.2) is 49.2 Å². The van der Waals surface area contributed by atoms with Crippen LogP contribution < -0.4 is 22.3 Å². The van der Waals surface area contributed by atoms with Crippen LogP contribution in [0.2, 0.25) is 0 Å². The van der Waals surface area contributed by atoms with Gasteiger partial charge in [-0.05, 0) is 18.9 Å². The summed E-state index contributed by atoms with van der Waals surface area (Å²) in [6, 6.07) is -0.184. The second kappa shape index (κ2) is 8.01. The maximum absolute atomic E-state index is 13.1. The molecule has 0 saturated heterocycles. The third-order valence-electron chi connectivity index (χ3n) is 4.80. The molecular formula is C17H26N4O4S. The van der Waals surface area contributed by atoms with Gasteiger partial charge in [0.15, 0.2) is 0 Å². The highest BCUT2D eigenvalue weighted by atomic mass is 32.1. The summed E-state index contributed by atoms with van der Waals surface area (Å²) in [4.78, 5) is 27.9. The van der Waals surface area contributed by atoms with Crippen molar-refractivity contribution in [2.24, 2.45) is 5.73 Å². The van der Waals surface area contributed by atoms with E-state index in [9.17, 15) is 9.59 Å². The second-order valence-electron chi connectivity index (χ2n) is 6.48. The van der Waals surface area contributed by atoms with Gasteiger partial charge in [0.2, 0.25) is 0 Å². The number of ether oxygens (including phenoxy) is 2. The number of rotatable bonds is 9. The van der Waals surface area contributed by atoms with E-state index in [2.05, 4.69) is 5.32 Å². The van der Waals surface area contributed by atoms with E-state index in [-0.39, 0.29) is 23.4 Å². The summed E-state index contributed by atoms with van der Waals surface area (Å²) in [5.74, 6) is 0. The smallest absolute Gasteiger partial charge is 0.332 e. The summed E-state index contributed by atoms with van der Waals surface area (Å²) in [6.45, 7) is 4.64. The molecule has 0 spiro atoms. The molecule has 0 aliphatic heterocycles. The van der Waals surface area contributed by atoms with E-state index in [1.807, 2.05) is 6.92 Å². The molecule has 26 heavy (non-hydrogen) atoms. The maximum Gasteiger partial charge on any atom is 0.332 e. The van der Waals surface area contributed by atoms with Crippen LogP contribution in [0.15, 0.2) is 9.59 Å². The number of aryl methyl sites for hydroxylation is 1. The zero-order chi connectivity index (χ0) is 18.8. The SMILES string of the molecule is COCCn1c(=O)n(C2CC2OC)c(=O)c2c(C)c(CNCCN)sc21. The number of methoxy groups -OCH3 is 2. The summed E-state index contributed by atoms with van der Waals surface area (Å²) in [5.41, 5.74) is 5.95. The van der Waals surface area contributed by atoms with Gasteiger partial charge in [0, 0.05) is 38.7 Å². The Hall–Kier alpha value is -1.52. The van der Waals surface area contributed by atoms with E-state index in [1.54, 1.807) is 18.8 Å². The Morgan fingerprint density at radius 3 is 2.73 bits per heavy atom. The van der Waals surface area contributed by atoms with E-state index < -0.39 is 0 Å². The minimum atomic E-state index is -0.285. The van der Waals surface area contributed by atoms with E-state index in [0.717, 1.165) is 10.4 Å². The predicted octanol–water partition coefficient (Wildman–Crippen LogP) is 0.188. The molecular weight excluding hydrogens is 356 g/mol. The normalized spacial score (nSPS) is 19.4. The molecule has 2 aromatic rings. The number of hydrogen-bond acceptors (Lipinski definition) is 7. The number of nitrogens with one attached hydrogen (secondary N) is 1. The number of hydrogen-bond donors (Lipinski definition) is 2. The van der Waals surface area contributed by atoms with Crippen molar-refractivity contribution in [2.45, 2.75) is 38.6 Å². The van der Waals surface area contributed by atoms with Gasteiger partial charge in [0.05, 0.1) is 30.7 Å². The fourth-order valence-electron chi connectivity index (χ4n) is 3.24. The average molecular weight is 382 g/mol. The molecule has 144 valence electrons. The Labute approximate surface area is 155 Å². The predicted molar refractivity (Wildman–Crippen MR) is 102 cm³/mol. The van der Waals surface area contributed by atoms with Gasteiger partial charge < -0.3 is 20.5 Å². The van der Waals surface area contributed by atoms with Crippen molar-refractivity contribution in [1.82, 2.24) is 14.5 Å². The number of nitrogens with zero attached hydrogens (tertiary/aromatic N) is 2. The number of thiophene rings is 1. The highest BCUT2D eigenvalue weighted by Crippen LogP contribution is 2.37. The van der Waals surface area contributed by atoms with Crippen LogP contribution in [-0.2, 0) is 22.6 Å². The molecule has 1 aliphatic carbocycles. The van der Waals surface area contributed by atoms with Gasteiger partial charge in [0.25, 0.3) is 5.56 Å². The zero-order valence-corrected chi connectivity index (χ0v) is 16.2. The van der Waals surface area contributed by atoms with Crippen molar-refractivity contribution in [3.63, 3.8) is 0 Å². The number of nitrogens with two attached hydrogens (primary N) is 1. The van der Waals surface area contributed by atoms with Crippen LogP contribution in [0, 0.1) is 6.92 Å². The molecule has 2 aromatic heterocycles. The number of fused-ring (bicyclic) bond motifs is 1. The second-order valence-corrected chi connectivity index (χ2v) is 7.56. The first kappa shape index (κ1) is 19.2. The summed E-state index contributed by atoms with van der Waals surface area (Å²) in [5, 5.41) is 3.88.